The fourth-order valence-corrected chi connectivity index (χ4v) is 7.40. The monoisotopic (exact) mass is 611 g/mol. The van der Waals surface area contributed by atoms with E-state index in [4.69, 9.17) is 4.42 Å². The van der Waals surface area contributed by atoms with Crippen molar-refractivity contribution in [2.75, 3.05) is 19.3 Å². The molecule has 0 radical (unpaired) electrons. The van der Waals surface area contributed by atoms with Gasteiger partial charge in [-0.05, 0) is 54.9 Å². The molecule has 3 aromatic heterocycles. The van der Waals surface area contributed by atoms with Crippen LogP contribution in [0.3, 0.4) is 0 Å². The van der Waals surface area contributed by atoms with Crippen molar-refractivity contribution in [2.45, 2.75) is 57.1 Å². The third kappa shape index (κ3) is 5.00. The lowest BCUT2D eigenvalue weighted by atomic mass is 9.68. The van der Waals surface area contributed by atoms with Gasteiger partial charge in [0.25, 0.3) is 5.91 Å². The van der Waals surface area contributed by atoms with Crippen LogP contribution < -0.4 is 0 Å². The van der Waals surface area contributed by atoms with Crippen molar-refractivity contribution in [1.82, 2.24) is 35.3 Å². The van der Waals surface area contributed by atoms with Crippen molar-refractivity contribution in [2.24, 2.45) is 5.41 Å². The molecule has 0 spiro atoms. The summed E-state index contributed by atoms with van der Waals surface area (Å²) in [5.74, 6) is -1.14. The minimum atomic E-state index is -3.42. The summed E-state index contributed by atoms with van der Waals surface area (Å²) >= 11 is 0. The number of amides is 1. The van der Waals surface area contributed by atoms with Gasteiger partial charge in [0, 0.05) is 31.2 Å². The molecule has 1 saturated carbocycles. The molecule has 2 bridgehead atoms. The SMILES string of the molecule is Cc1nc(CCN(C[C@@]23CC[C@@H](c4cc(-c5c(F)cccc5F)nnc42)C3(C)C)C(=O)c2coc(CS(C)(=O)=O)n2)n[nH]1. The van der Waals surface area contributed by atoms with Gasteiger partial charge in [0.15, 0.2) is 21.4 Å². The summed E-state index contributed by atoms with van der Waals surface area (Å²) in [5, 5.41) is 15.9. The third-order valence-corrected chi connectivity index (χ3v) is 9.76. The number of aromatic nitrogens is 6. The number of hydrogen-bond donors (Lipinski definition) is 1. The molecule has 1 fully saturated rings. The molecular weight excluding hydrogens is 580 g/mol. The fourth-order valence-electron chi connectivity index (χ4n) is 6.82. The lowest BCUT2D eigenvalue weighted by Crippen LogP contribution is -2.49. The number of H-pyrrole nitrogens is 1. The second-order valence-electron chi connectivity index (χ2n) is 12.0. The Hall–Kier alpha value is -4.07. The van der Waals surface area contributed by atoms with E-state index in [0.717, 1.165) is 24.7 Å². The predicted octanol–water partition coefficient (Wildman–Crippen LogP) is 3.92. The van der Waals surface area contributed by atoms with Crippen molar-refractivity contribution in [3.63, 3.8) is 0 Å². The van der Waals surface area contributed by atoms with E-state index >= 15 is 0 Å². The number of carbonyl (C=O) groups excluding carboxylic acids is 1. The van der Waals surface area contributed by atoms with Crippen molar-refractivity contribution >= 4 is 15.7 Å². The number of nitrogens with one attached hydrogen (secondary N) is 1. The van der Waals surface area contributed by atoms with E-state index in [2.05, 4.69) is 44.2 Å². The number of rotatable bonds is 9. The minimum absolute atomic E-state index is 0.0109. The largest absolute Gasteiger partial charge is 0.447 e. The molecule has 226 valence electrons. The van der Waals surface area contributed by atoms with Gasteiger partial charge in [-0.15, -0.1) is 0 Å². The molecule has 0 unspecified atom stereocenters. The van der Waals surface area contributed by atoms with E-state index in [0.29, 0.717) is 23.8 Å². The molecule has 2 aliphatic carbocycles. The molecule has 4 aromatic rings. The zero-order chi connectivity index (χ0) is 30.7. The summed E-state index contributed by atoms with van der Waals surface area (Å²) in [6.45, 7) is 6.53. The normalized spacial score (nSPS) is 20.4. The Bertz CT molecular complexity index is 1820. The van der Waals surface area contributed by atoms with Crippen LogP contribution in [-0.4, -0.2) is 68.9 Å². The van der Waals surface area contributed by atoms with Crippen LogP contribution >= 0.6 is 0 Å². The summed E-state index contributed by atoms with van der Waals surface area (Å²) in [7, 11) is -3.42. The summed E-state index contributed by atoms with van der Waals surface area (Å²) in [6.07, 6.45) is 4.11. The number of halogens is 2. The number of benzene rings is 1. The Morgan fingerprint density at radius 3 is 2.60 bits per heavy atom. The van der Waals surface area contributed by atoms with E-state index < -0.39 is 38.5 Å². The first-order valence-corrected chi connectivity index (χ1v) is 16.0. The lowest BCUT2D eigenvalue weighted by molar-refractivity contribution is 0.0635. The minimum Gasteiger partial charge on any atom is -0.447 e. The van der Waals surface area contributed by atoms with Crippen molar-refractivity contribution in [3.8, 4) is 11.3 Å². The van der Waals surface area contributed by atoms with E-state index in [9.17, 15) is 22.0 Å². The third-order valence-electron chi connectivity index (χ3n) is 8.99. The van der Waals surface area contributed by atoms with Crippen LogP contribution in [-0.2, 0) is 27.4 Å². The quantitative estimate of drug-likeness (QED) is 0.297. The summed E-state index contributed by atoms with van der Waals surface area (Å²) < 4.78 is 58.1. The van der Waals surface area contributed by atoms with Crippen LogP contribution in [0.4, 0.5) is 8.78 Å². The van der Waals surface area contributed by atoms with E-state index in [1.54, 1.807) is 17.9 Å². The highest BCUT2D eigenvalue weighted by molar-refractivity contribution is 7.89. The molecule has 1 N–H and O–H groups in total. The summed E-state index contributed by atoms with van der Waals surface area (Å²) in [6, 6.07) is 5.42. The Morgan fingerprint density at radius 2 is 1.93 bits per heavy atom. The number of aromatic amines is 1. The summed E-state index contributed by atoms with van der Waals surface area (Å²) in [5.41, 5.74) is 0.487. The lowest BCUT2D eigenvalue weighted by Gasteiger charge is -2.41. The molecule has 3 heterocycles. The highest BCUT2D eigenvalue weighted by Gasteiger charge is 2.64. The highest BCUT2D eigenvalue weighted by atomic mass is 32.2. The predicted molar refractivity (Wildman–Crippen MR) is 151 cm³/mol. The van der Waals surface area contributed by atoms with Gasteiger partial charge in [-0.25, -0.2) is 27.2 Å². The number of aryl methyl sites for hydroxylation is 1. The Balaban J connectivity index is 1.37. The van der Waals surface area contributed by atoms with Gasteiger partial charge >= 0.3 is 0 Å². The standard InChI is InChI=1S/C29H31F2N7O4S/c1-16-32-23(36-34-16)9-11-38(27(39)22-13-42-24(33-22)14-43(4,40)41)15-29-10-8-18(28(29,2)3)17-12-21(35-37-26(17)29)25-19(30)6-5-7-20(25)31/h5-7,12-13,18H,8-11,14-15H2,1-4H3,(H,32,34,36)/t18-,29-/m0/s1. The van der Waals surface area contributed by atoms with Crippen LogP contribution in [0.15, 0.2) is 34.9 Å². The maximum Gasteiger partial charge on any atom is 0.275 e. The van der Waals surface area contributed by atoms with Gasteiger partial charge in [0.1, 0.15) is 29.5 Å². The first-order valence-electron chi connectivity index (χ1n) is 13.9. The van der Waals surface area contributed by atoms with Crippen molar-refractivity contribution in [1.29, 1.82) is 0 Å². The molecule has 1 amide bonds. The second kappa shape index (κ2) is 10.3. The van der Waals surface area contributed by atoms with Gasteiger partial charge < -0.3 is 9.32 Å². The van der Waals surface area contributed by atoms with Gasteiger partial charge in [-0.2, -0.15) is 15.3 Å². The van der Waals surface area contributed by atoms with Crippen molar-refractivity contribution < 1.29 is 26.4 Å². The molecule has 43 heavy (non-hydrogen) atoms. The van der Waals surface area contributed by atoms with Gasteiger partial charge in [0.2, 0.25) is 5.89 Å². The molecule has 2 aliphatic rings. The fraction of sp³-hybridized carbons (Fsp3) is 0.448. The molecule has 2 atom stereocenters. The van der Waals surface area contributed by atoms with Crippen molar-refractivity contribution in [3.05, 3.63) is 76.7 Å². The van der Waals surface area contributed by atoms with Crippen LogP contribution in [0.2, 0.25) is 0 Å². The Kier molecular flexibility index (Phi) is 6.94. The van der Waals surface area contributed by atoms with Crippen LogP contribution in [0.5, 0.6) is 0 Å². The maximum atomic E-state index is 14.6. The number of nitrogens with zero attached hydrogens (tertiary/aromatic N) is 6. The van der Waals surface area contributed by atoms with E-state index in [1.807, 2.05) is 0 Å². The van der Waals surface area contributed by atoms with Gasteiger partial charge in [0.05, 0.1) is 17.0 Å². The van der Waals surface area contributed by atoms with Crippen LogP contribution in [0.1, 0.15) is 71.9 Å². The number of sulfone groups is 1. The first-order chi connectivity index (χ1) is 20.3. The highest BCUT2D eigenvalue weighted by Crippen LogP contribution is 2.67. The molecule has 11 nitrogen and oxygen atoms in total. The number of hydrogen-bond acceptors (Lipinski definition) is 9. The molecule has 0 aliphatic heterocycles. The second-order valence-corrected chi connectivity index (χ2v) is 14.2. The molecule has 6 rings (SSSR count). The Morgan fingerprint density at radius 1 is 1.19 bits per heavy atom. The zero-order valence-corrected chi connectivity index (χ0v) is 25.0. The average molecular weight is 612 g/mol. The Labute approximate surface area is 247 Å². The van der Waals surface area contributed by atoms with Crippen LogP contribution in [0, 0.1) is 24.0 Å². The first kappa shape index (κ1) is 29.0. The summed E-state index contributed by atoms with van der Waals surface area (Å²) in [4.78, 5) is 24.1. The maximum absolute atomic E-state index is 14.6. The molecule has 1 aromatic carbocycles. The zero-order valence-electron chi connectivity index (χ0n) is 24.2. The smallest absolute Gasteiger partial charge is 0.275 e. The molecule has 0 saturated heterocycles. The number of oxazole rings is 1. The van der Waals surface area contributed by atoms with E-state index in [1.165, 1.54) is 24.5 Å². The van der Waals surface area contributed by atoms with Crippen LogP contribution in [0.25, 0.3) is 11.3 Å². The molecular formula is C29H31F2N7O4S. The average Bonchev–Trinajstić information content (AvgIpc) is 3.66. The topological polar surface area (TPSA) is 148 Å². The van der Waals surface area contributed by atoms with Gasteiger partial charge in [-0.3, -0.25) is 9.89 Å². The van der Waals surface area contributed by atoms with E-state index in [-0.39, 0.29) is 47.3 Å². The molecule has 14 heteroatoms. The number of fused-ring (bicyclic) bond motifs is 5. The number of carbonyl (C=O) groups is 1. The van der Waals surface area contributed by atoms with Gasteiger partial charge in [-0.1, -0.05) is 19.9 Å².